The summed E-state index contributed by atoms with van der Waals surface area (Å²) in [7, 11) is 0. The summed E-state index contributed by atoms with van der Waals surface area (Å²) in [6.45, 7) is 2.33. The zero-order valence-electron chi connectivity index (χ0n) is 18.4. The van der Waals surface area contributed by atoms with E-state index in [2.05, 4.69) is 16.0 Å². The number of aliphatic hydroxyl groups excluding tert-OH is 1. The van der Waals surface area contributed by atoms with Gasteiger partial charge in [0.25, 0.3) is 0 Å². The summed E-state index contributed by atoms with van der Waals surface area (Å²) in [5.41, 5.74) is 6.22. The molecule has 3 amide bonds. The van der Waals surface area contributed by atoms with Crippen LogP contribution >= 0.6 is 0 Å². The molecule has 0 fully saturated rings. The monoisotopic (exact) mass is 466 g/mol. The number of carboxylic acid groups (broad SMARTS) is 2. The number of nitrogens with two attached hydrogens (primary N) is 1. The van der Waals surface area contributed by atoms with Gasteiger partial charge in [-0.2, -0.15) is 0 Å². The van der Waals surface area contributed by atoms with Crippen LogP contribution in [0.1, 0.15) is 25.8 Å². The molecule has 0 aliphatic rings. The summed E-state index contributed by atoms with van der Waals surface area (Å²) in [6.07, 6.45) is -0.666. The van der Waals surface area contributed by atoms with E-state index in [1.54, 1.807) is 44.2 Å². The van der Waals surface area contributed by atoms with Gasteiger partial charge in [-0.1, -0.05) is 44.2 Å². The number of carboxylic acids is 2. The van der Waals surface area contributed by atoms with E-state index in [4.69, 9.17) is 10.8 Å². The number of nitrogens with one attached hydrogen (secondary N) is 3. The van der Waals surface area contributed by atoms with Crippen molar-refractivity contribution in [2.75, 3.05) is 6.61 Å². The molecular formula is C21H30N4O8. The Morgan fingerprint density at radius 3 is 1.91 bits per heavy atom. The summed E-state index contributed by atoms with van der Waals surface area (Å²) < 4.78 is 0. The predicted octanol–water partition coefficient (Wildman–Crippen LogP) is -1.78. The van der Waals surface area contributed by atoms with Crippen molar-refractivity contribution >= 4 is 29.7 Å². The highest BCUT2D eigenvalue weighted by Gasteiger charge is 2.31. The first-order valence-electron chi connectivity index (χ1n) is 10.2. The molecule has 1 rings (SSSR count). The second kappa shape index (κ2) is 13.1. The standard InChI is InChI=1S/C21H30N4O8/c1-11(2)17(21(32)33)25-20(31)15(10-26)24-19(30)14(8-12-6-4-3-5-7-12)23-18(29)13(22)9-16(27)28/h3-7,11,13-15,17,26H,8-10,22H2,1-2H3,(H,23,29)(H,24,30)(H,25,31)(H,27,28)(H,32,33). The van der Waals surface area contributed by atoms with E-state index in [0.717, 1.165) is 0 Å². The van der Waals surface area contributed by atoms with Gasteiger partial charge >= 0.3 is 11.9 Å². The first-order valence-corrected chi connectivity index (χ1v) is 10.2. The van der Waals surface area contributed by atoms with Crippen molar-refractivity contribution in [3.05, 3.63) is 35.9 Å². The molecule has 0 heterocycles. The summed E-state index contributed by atoms with van der Waals surface area (Å²) in [4.78, 5) is 59.7. The van der Waals surface area contributed by atoms with E-state index in [9.17, 15) is 34.2 Å². The molecule has 0 radical (unpaired) electrons. The highest BCUT2D eigenvalue weighted by Crippen LogP contribution is 2.06. The molecule has 0 aliphatic carbocycles. The Morgan fingerprint density at radius 1 is 0.879 bits per heavy atom. The normalized spacial score (nSPS) is 14.5. The van der Waals surface area contributed by atoms with Gasteiger partial charge < -0.3 is 37.0 Å². The Kier molecular flexibility index (Phi) is 11.0. The average Bonchev–Trinajstić information content (AvgIpc) is 2.74. The molecule has 0 aliphatic heterocycles. The SMILES string of the molecule is CC(C)C(NC(=O)C(CO)NC(=O)C(Cc1ccccc1)NC(=O)C(N)CC(=O)O)C(=O)O. The van der Waals surface area contributed by atoms with E-state index in [0.29, 0.717) is 5.56 Å². The zero-order valence-corrected chi connectivity index (χ0v) is 18.4. The number of hydrogen-bond acceptors (Lipinski definition) is 7. The van der Waals surface area contributed by atoms with Crippen LogP contribution < -0.4 is 21.7 Å². The van der Waals surface area contributed by atoms with Crippen molar-refractivity contribution in [3.8, 4) is 0 Å². The van der Waals surface area contributed by atoms with Crippen LogP contribution in [0.3, 0.4) is 0 Å². The van der Waals surface area contributed by atoms with Crippen LogP contribution in [0.25, 0.3) is 0 Å². The summed E-state index contributed by atoms with van der Waals surface area (Å²) in [6, 6.07) is 3.18. The van der Waals surface area contributed by atoms with Gasteiger partial charge in [-0.25, -0.2) is 4.79 Å². The molecule has 33 heavy (non-hydrogen) atoms. The van der Waals surface area contributed by atoms with Crippen LogP contribution in [-0.2, 0) is 30.4 Å². The Hall–Kier alpha value is -3.51. The van der Waals surface area contributed by atoms with Gasteiger partial charge in [-0.15, -0.1) is 0 Å². The number of benzene rings is 1. The van der Waals surface area contributed by atoms with Crippen LogP contribution in [0.5, 0.6) is 0 Å². The highest BCUT2D eigenvalue weighted by atomic mass is 16.4. The van der Waals surface area contributed by atoms with Crippen molar-refractivity contribution in [1.82, 2.24) is 16.0 Å². The zero-order chi connectivity index (χ0) is 25.1. The number of rotatable bonds is 13. The van der Waals surface area contributed by atoms with E-state index in [-0.39, 0.29) is 6.42 Å². The third-order valence-electron chi connectivity index (χ3n) is 4.69. The van der Waals surface area contributed by atoms with Gasteiger partial charge in [-0.05, 0) is 11.5 Å². The molecule has 0 bridgehead atoms. The average molecular weight is 466 g/mol. The lowest BCUT2D eigenvalue weighted by atomic mass is 10.0. The number of carbonyl (C=O) groups excluding carboxylic acids is 3. The minimum Gasteiger partial charge on any atom is -0.481 e. The van der Waals surface area contributed by atoms with Crippen LogP contribution in [0.4, 0.5) is 0 Å². The molecule has 0 aromatic heterocycles. The lowest BCUT2D eigenvalue weighted by Crippen LogP contribution is -2.59. The van der Waals surface area contributed by atoms with Crippen LogP contribution in [-0.4, -0.2) is 75.8 Å². The van der Waals surface area contributed by atoms with Gasteiger partial charge in [0.15, 0.2) is 0 Å². The number of carbonyl (C=O) groups is 5. The number of hydrogen-bond donors (Lipinski definition) is 7. The summed E-state index contributed by atoms with van der Waals surface area (Å²) in [5, 5.41) is 34.5. The number of aliphatic hydroxyl groups is 1. The molecule has 0 saturated heterocycles. The second-order valence-electron chi connectivity index (χ2n) is 7.77. The molecule has 12 nitrogen and oxygen atoms in total. The highest BCUT2D eigenvalue weighted by molar-refractivity contribution is 5.95. The first kappa shape index (κ1) is 27.5. The van der Waals surface area contributed by atoms with Crippen LogP contribution in [0.2, 0.25) is 0 Å². The van der Waals surface area contributed by atoms with Crippen LogP contribution in [0.15, 0.2) is 30.3 Å². The van der Waals surface area contributed by atoms with Gasteiger partial charge in [0.2, 0.25) is 17.7 Å². The number of aliphatic carboxylic acids is 2. The van der Waals surface area contributed by atoms with Crippen LogP contribution in [0, 0.1) is 5.92 Å². The van der Waals surface area contributed by atoms with Gasteiger partial charge in [0.1, 0.15) is 18.1 Å². The van der Waals surface area contributed by atoms with Crippen molar-refractivity contribution in [3.63, 3.8) is 0 Å². The molecule has 182 valence electrons. The van der Waals surface area contributed by atoms with Gasteiger partial charge in [0, 0.05) is 6.42 Å². The first-order chi connectivity index (χ1) is 15.5. The van der Waals surface area contributed by atoms with E-state index in [1.165, 1.54) is 0 Å². The third kappa shape index (κ3) is 9.25. The molecule has 1 aromatic carbocycles. The Balaban J connectivity index is 2.99. The Labute approximate surface area is 190 Å². The minimum absolute atomic E-state index is 0.0122. The minimum atomic E-state index is -1.49. The summed E-state index contributed by atoms with van der Waals surface area (Å²) >= 11 is 0. The molecule has 4 atom stereocenters. The van der Waals surface area contributed by atoms with Crippen molar-refractivity contribution in [1.29, 1.82) is 0 Å². The van der Waals surface area contributed by atoms with Crippen molar-refractivity contribution in [2.45, 2.75) is 50.9 Å². The molecule has 12 heteroatoms. The van der Waals surface area contributed by atoms with Gasteiger partial charge in [-0.3, -0.25) is 19.2 Å². The molecule has 8 N–H and O–H groups in total. The fourth-order valence-electron chi connectivity index (χ4n) is 2.85. The molecule has 1 aromatic rings. The Bertz CT molecular complexity index is 846. The summed E-state index contributed by atoms with van der Waals surface area (Å²) in [5.74, 6) is -5.67. The van der Waals surface area contributed by atoms with E-state index < -0.39 is 72.8 Å². The van der Waals surface area contributed by atoms with Crippen molar-refractivity contribution < 1.29 is 39.3 Å². The lowest BCUT2D eigenvalue weighted by Gasteiger charge is -2.25. The fraction of sp³-hybridized carbons (Fsp3) is 0.476. The lowest BCUT2D eigenvalue weighted by molar-refractivity contribution is -0.143. The van der Waals surface area contributed by atoms with E-state index in [1.807, 2.05) is 0 Å². The third-order valence-corrected chi connectivity index (χ3v) is 4.69. The number of amides is 3. The molecule has 4 unspecified atom stereocenters. The molecular weight excluding hydrogens is 436 g/mol. The largest absolute Gasteiger partial charge is 0.481 e. The maximum Gasteiger partial charge on any atom is 0.326 e. The van der Waals surface area contributed by atoms with Gasteiger partial charge in [0.05, 0.1) is 19.1 Å². The second-order valence-corrected chi connectivity index (χ2v) is 7.77. The predicted molar refractivity (Wildman–Crippen MR) is 116 cm³/mol. The topological polar surface area (TPSA) is 208 Å². The quantitative estimate of drug-likeness (QED) is 0.175. The smallest absolute Gasteiger partial charge is 0.326 e. The van der Waals surface area contributed by atoms with Crippen molar-refractivity contribution in [2.24, 2.45) is 11.7 Å². The maximum atomic E-state index is 12.9. The molecule has 0 spiro atoms. The fourth-order valence-corrected chi connectivity index (χ4v) is 2.85. The molecule has 0 saturated carbocycles. The Morgan fingerprint density at radius 2 is 1.42 bits per heavy atom. The van der Waals surface area contributed by atoms with E-state index >= 15 is 0 Å². The maximum absolute atomic E-state index is 12.9.